The minimum Gasteiger partial charge on any atom is -0.453 e. The lowest BCUT2D eigenvalue weighted by Gasteiger charge is -2.30. The Morgan fingerprint density at radius 3 is 2.27 bits per heavy atom. The van der Waals surface area contributed by atoms with Crippen LogP contribution in [0.1, 0.15) is 48.9 Å². The number of amides is 2. The predicted octanol–water partition coefficient (Wildman–Crippen LogP) is 4.17. The quantitative estimate of drug-likeness (QED) is 0.271. The number of carbonyl (C=O) groups is 4. The van der Waals surface area contributed by atoms with E-state index >= 15 is 0 Å². The highest BCUT2D eigenvalue weighted by Gasteiger charge is 2.37. The third kappa shape index (κ3) is 5.61. The number of hydrogen-bond donors (Lipinski definition) is 2. The zero-order valence-electron chi connectivity index (χ0n) is 21.1. The van der Waals surface area contributed by atoms with Crippen LogP contribution >= 0.6 is 0 Å². The summed E-state index contributed by atoms with van der Waals surface area (Å²) in [5, 5.41) is 2.66. The van der Waals surface area contributed by atoms with Crippen molar-refractivity contribution in [2.45, 2.75) is 38.8 Å². The van der Waals surface area contributed by atoms with Gasteiger partial charge in [-0.3, -0.25) is 14.4 Å². The van der Waals surface area contributed by atoms with Gasteiger partial charge in [0.2, 0.25) is 11.7 Å². The van der Waals surface area contributed by atoms with Crippen molar-refractivity contribution < 1.29 is 23.9 Å². The van der Waals surface area contributed by atoms with Crippen molar-refractivity contribution in [1.82, 2.24) is 20.2 Å². The Morgan fingerprint density at radius 2 is 1.68 bits per heavy atom. The van der Waals surface area contributed by atoms with E-state index in [-0.39, 0.29) is 17.9 Å². The number of imidazole rings is 1. The first-order valence-corrected chi connectivity index (χ1v) is 12.2. The molecule has 1 saturated heterocycles. The van der Waals surface area contributed by atoms with Crippen LogP contribution in [0.4, 0.5) is 4.79 Å². The first-order chi connectivity index (χ1) is 17.8. The fourth-order valence-corrected chi connectivity index (χ4v) is 4.58. The molecule has 1 aliphatic heterocycles. The zero-order valence-corrected chi connectivity index (χ0v) is 21.1. The molecule has 2 amide bonds. The van der Waals surface area contributed by atoms with Crippen LogP contribution in [0, 0.1) is 5.92 Å². The number of hydrogen-bond acceptors (Lipinski definition) is 6. The standard InChI is InChI=1S/C28H30N4O5/c1-17(2)25(31-28(36)37-3)27(35)32-14-4-5-23(32)26-29-15-22(30-26)20-10-6-18(7-11-20)19-8-12-21(13-9-19)24(34)16-33/h6-13,15-17,23,25H,4-5,14H2,1-3H3,(H,29,30)(H,31,36)/t23-,25-/m0/s1. The number of Topliss-reactive ketones (excluding diaryl/α,β-unsaturated/α-hetero) is 1. The Kier molecular flexibility index (Phi) is 7.81. The summed E-state index contributed by atoms with van der Waals surface area (Å²) in [6.45, 7) is 4.37. The maximum atomic E-state index is 13.3. The molecule has 1 fully saturated rings. The highest BCUT2D eigenvalue weighted by Crippen LogP contribution is 2.33. The van der Waals surface area contributed by atoms with Crippen LogP contribution in [-0.2, 0) is 14.3 Å². The van der Waals surface area contributed by atoms with E-state index in [9.17, 15) is 19.2 Å². The average molecular weight is 503 g/mol. The molecule has 192 valence electrons. The first-order valence-electron chi connectivity index (χ1n) is 12.2. The van der Waals surface area contributed by atoms with Gasteiger partial charge in [-0.1, -0.05) is 62.4 Å². The number of methoxy groups -OCH3 is 1. The lowest BCUT2D eigenvalue weighted by atomic mass is 10.0. The van der Waals surface area contributed by atoms with Crippen molar-refractivity contribution in [1.29, 1.82) is 0 Å². The molecule has 2 heterocycles. The largest absolute Gasteiger partial charge is 0.453 e. The summed E-state index contributed by atoms with van der Waals surface area (Å²) in [7, 11) is 1.28. The molecule has 0 spiro atoms. The number of rotatable bonds is 8. The van der Waals surface area contributed by atoms with Crippen LogP contribution in [0.15, 0.2) is 54.7 Å². The molecule has 2 atom stereocenters. The van der Waals surface area contributed by atoms with Crippen LogP contribution < -0.4 is 5.32 Å². The molecule has 0 bridgehead atoms. The van der Waals surface area contributed by atoms with Crippen LogP contribution in [0.5, 0.6) is 0 Å². The van der Waals surface area contributed by atoms with E-state index < -0.39 is 17.9 Å². The Bertz CT molecular complexity index is 1280. The third-order valence-electron chi connectivity index (χ3n) is 6.64. The van der Waals surface area contributed by atoms with Gasteiger partial charge in [-0.25, -0.2) is 9.78 Å². The third-order valence-corrected chi connectivity index (χ3v) is 6.64. The van der Waals surface area contributed by atoms with E-state index in [1.807, 2.05) is 50.2 Å². The Morgan fingerprint density at radius 1 is 1.05 bits per heavy atom. The molecule has 1 aromatic heterocycles. The SMILES string of the molecule is COC(=O)N[C@H](C(=O)N1CCC[C@H]1c1ncc(-c2ccc(-c3ccc(C(=O)C=O)cc3)cc2)[nH]1)C(C)C. The summed E-state index contributed by atoms with van der Waals surface area (Å²) < 4.78 is 4.70. The van der Waals surface area contributed by atoms with E-state index in [4.69, 9.17) is 4.74 Å². The fourth-order valence-electron chi connectivity index (χ4n) is 4.58. The number of likely N-dealkylation sites (tertiary alicyclic amines) is 1. The number of benzene rings is 2. The molecule has 1 aliphatic rings. The lowest BCUT2D eigenvalue weighted by molar-refractivity contribution is -0.135. The van der Waals surface area contributed by atoms with Gasteiger partial charge in [0.05, 0.1) is 25.0 Å². The fraction of sp³-hybridized carbons (Fsp3) is 0.321. The number of aromatic amines is 1. The van der Waals surface area contributed by atoms with Gasteiger partial charge in [0.15, 0.2) is 6.29 Å². The van der Waals surface area contributed by atoms with E-state index in [0.717, 1.165) is 35.2 Å². The monoisotopic (exact) mass is 502 g/mol. The van der Waals surface area contributed by atoms with Gasteiger partial charge in [0.25, 0.3) is 0 Å². The first kappa shape index (κ1) is 25.8. The van der Waals surface area contributed by atoms with Crippen LogP contribution in [-0.4, -0.2) is 58.6 Å². The van der Waals surface area contributed by atoms with Crippen molar-refractivity contribution in [2.24, 2.45) is 5.92 Å². The minimum atomic E-state index is -0.680. The highest BCUT2D eigenvalue weighted by molar-refractivity contribution is 6.33. The molecule has 0 aliphatic carbocycles. The zero-order chi connectivity index (χ0) is 26.5. The van der Waals surface area contributed by atoms with Gasteiger partial charge in [-0.2, -0.15) is 0 Å². The van der Waals surface area contributed by atoms with Gasteiger partial charge >= 0.3 is 6.09 Å². The summed E-state index contributed by atoms with van der Waals surface area (Å²) in [6, 6.07) is 13.9. The Balaban J connectivity index is 1.49. The number of nitrogens with one attached hydrogen (secondary N) is 2. The van der Waals surface area contributed by atoms with Crippen molar-refractivity contribution in [3.63, 3.8) is 0 Å². The minimum absolute atomic E-state index is 0.0970. The molecule has 4 rings (SSSR count). The second-order valence-corrected chi connectivity index (χ2v) is 9.37. The van der Waals surface area contributed by atoms with Gasteiger partial charge < -0.3 is 19.9 Å². The second-order valence-electron chi connectivity index (χ2n) is 9.37. The maximum absolute atomic E-state index is 13.3. The highest BCUT2D eigenvalue weighted by atomic mass is 16.5. The second kappa shape index (κ2) is 11.2. The molecular weight excluding hydrogens is 472 g/mol. The predicted molar refractivity (Wildman–Crippen MR) is 138 cm³/mol. The average Bonchev–Trinajstić information content (AvgIpc) is 3.61. The molecule has 9 heteroatoms. The summed E-state index contributed by atoms with van der Waals surface area (Å²) in [4.78, 5) is 57.0. The van der Waals surface area contributed by atoms with E-state index in [2.05, 4.69) is 15.3 Å². The molecule has 0 radical (unpaired) electrons. The van der Waals surface area contributed by atoms with E-state index in [0.29, 0.717) is 24.2 Å². The van der Waals surface area contributed by atoms with Gasteiger partial charge in [-0.05, 0) is 35.4 Å². The van der Waals surface area contributed by atoms with Crippen molar-refractivity contribution in [2.75, 3.05) is 13.7 Å². The number of alkyl carbamates (subject to hydrolysis) is 1. The van der Waals surface area contributed by atoms with Crippen LogP contribution in [0.25, 0.3) is 22.4 Å². The number of carbonyl (C=O) groups excluding carboxylic acids is 4. The molecule has 3 aromatic rings. The van der Waals surface area contributed by atoms with Gasteiger partial charge in [0, 0.05) is 12.1 Å². The summed E-state index contributed by atoms with van der Waals surface area (Å²) >= 11 is 0. The Labute approximate surface area is 215 Å². The van der Waals surface area contributed by atoms with Crippen molar-refractivity contribution >= 4 is 24.1 Å². The smallest absolute Gasteiger partial charge is 0.407 e. The normalized spacial score (nSPS) is 15.9. The lowest BCUT2D eigenvalue weighted by Crippen LogP contribution is -2.51. The molecule has 2 N–H and O–H groups in total. The number of ether oxygens (including phenoxy) is 1. The molecular formula is C28H30N4O5. The number of ketones is 1. The van der Waals surface area contributed by atoms with Gasteiger partial charge in [-0.15, -0.1) is 0 Å². The summed E-state index contributed by atoms with van der Waals surface area (Å²) in [5.74, 6) is -0.0776. The number of H-pyrrole nitrogens is 1. The molecule has 9 nitrogen and oxygen atoms in total. The van der Waals surface area contributed by atoms with E-state index in [1.165, 1.54) is 7.11 Å². The van der Waals surface area contributed by atoms with Crippen LogP contribution in [0.3, 0.4) is 0 Å². The topological polar surface area (TPSA) is 121 Å². The summed E-state index contributed by atoms with van der Waals surface area (Å²) in [6.07, 6.45) is 3.07. The number of nitrogens with zero attached hydrogens (tertiary/aromatic N) is 2. The molecule has 37 heavy (non-hydrogen) atoms. The van der Waals surface area contributed by atoms with Crippen molar-refractivity contribution in [3.05, 3.63) is 66.1 Å². The molecule has 0 unspecified atom stereocenters. The summed E-state index contributed by atoms with van der Waals surface area (Å²) in [5.41, 5.74) is 4.04. The Hall–Kier alpha value is -4.27. The van der Waals surface area contributed by atoms with Crippen LogP contribution in [0.2, 0.25) is 0 Å². The maximum Gasteiger partial charge on any atom is 0.407 e. The number of aromatic nitrogens is 2. The molecule has 0 saturated carbocycles. The van der Waals surface area contributed by atoms with Gasteiger partial charge in [0.1, 0.15) is 11.9 Å². The van der Waals surface area contributed by atoms with E-state index in [1.54, 1.807) is 23.2 Å². The van der Waals surface area contributed by atoms with Crippen molar-refractivity contribution in [3.8, 4) is 22.4 Å². The molecule has 2 aromatic carbocycles. The number of aldehydes is 1.